The first-order valence-electron chi connectivity index (χ1n) is 7.07. The van der Waals surface area contributed by atoms with Crippen LogP contribution < -0.4 is 5.32 Å². The van der Waals surface area contributed by atoms with Crippen LogP contribution in [0.5, 0.6) is 0 Å². The number of ether oxygens (including phenoxy) is 1. The molecule has 1 N–H and O–H groups in total. The smallest absolute Gasteiger partial charge is 0.0977 e. The van der Waals surface area contributed by atoms with Crippen LogP contribution in [0.1, 0.15) is 51.9 Å². The van der Waals surface area contributed by atoms with Gasteiger partial charge in [-0.25, -0.2) is 0 Å². The number of rotatable bonds is 6. The van der Waals surface area contributed by atoms with Crippen LogP contribution in [0, 0.1) is 17.2 Å². The van der Waals surface area contributed by atoms with Crippen LogP contribution in [0.4, 0.5) is 0 Å². The third kappa shape index (κ3) is 4.29. The molecule has 0 bridgehead atoms. The van der Waals surface area contributed by atoms with E-state index in [2.05, 4.69) is 18.3 Å². The average Bonchev–Trinajstić information content (AvgIpc) is 3.14. The molecule has 3 unspecified atom stereocenters. The molecule has 2 rings (SSSR count). The highest BCUT2D eigenvalue weighted by Gasteiger charge is 2.25. The minimum Gasteiger partial charge on any atom is -0.378 e. The lowest BCUT2D eigenvalue weighted by molar-refractivity contribution is -0.00730. The predicted octanol–water partition coefficient (Wildman–Crippen LogP) is 2.62. The molecule has 3 nitrogen and oxygen atoms in total. The second kappa shape index (κ2) is 6.37. The molecule has 3 atom stereocenters. The van der Waals surface area contributed by atoms with Gasteiger partial charge in [0.05, 0.1) is 18.2 Å². The van der Waals surface area contributed by atoms with Gasteiger partial charge in [0.2, 0.25) is 0 Å². The molecule has 3 heteroatoms. The summed E-state index contributed by atoms with van der Waals surface area (Å²) in [6.45, 7) is 3.01. The van der Waals surface area contributed by atoms with Crippen LogP contribution >= 0.6 is 0 Å². The van der Waals surface area contributed by atoms with Crippen molar-refractivity contribution in [2.75, 3.05) is 6.61 Å². The Morgan fingerprint density at radius 3 is 2.71 bits per heavy atom. The van der Waals surface area contributed by atoms with Crippen LogP contribution in [0.2, 0.25) is 0 Å². The quantitative estimate of drug-likeness (QED) is 0.771. The van der Waals surface area contributed by atoms with E-state index < -0.39 is 0 Å². The van der Waals surface area contributed by atoms with Gasteiger partial charge in [-0.05, 0) is 38.0 Å². The molecule has 2 fully saturated rings. The van der Waals surface area contributed by atoms with E-state index in [0.717, 1.165) is 13.0 Å². The van der Waals surface area contributed by atoms with Crippen molar-refractivity contribution in [2.45, 2.75) is 70.1 Å². The molecule has 2 aliphatic rings. The normalized spacial score (nSPS) is 30.8. The molecule has 2 aliphatic carbocycles. The van der Waals surface area contributed by atoms with E-state index in [0.29, 0.717) is 18.1 Å². The molecule has 96 valence electrons. The largest absolute Gasteiger partial charge is 0.378 e. The van der Waals surface area contributed by atoms with Gasteiger partial charge in [-0.2, -0.15) is 5.26 Å². The number of hydrogen-bond acceptors (Lipinski definition) is 3. The van der Waals surface area contributed by atoms with Gasteiger partial charge in [0.15, 0.2) is 0 Å². The maximum atomic E-state index is 9.02. The number of nitrogens with one attached hydrogen (secondary N) is 1. The topological polar surface area (TPSA) is 45.0 Å². The van der Waals surface area contributed by atoms with Crippen LogP contribution in [0.25, 0.3) is 0 Å². The Kier molecular flexibility index (Phi) is 4.82. The molecule has 0 aromatic heterocycles. The van der Waals surface area contributed by atoms with Crippen LogP contribution in [-0.4, -0.2) is 24.8 Å². The Bertz CT molecular complexity index is 270. The fourth-order valence-corrected chi connectivity index (χ4v) is 2.59. The molecule has 0 spiro atoms. The molecule has 0 radical (unpaired) electrons. The molecule has 0 heterocycles. The molecule has 17 heavy (non-hydrogen) atoms. The van der Waals surface area contributed by atoms with Crippen LogP contribution in [-0.2, 0) is 4.74 Å². The van der Waals surface area contributed by atoms with E-state index in [9.17, 15) is 0 Å². The van der Waals surface area contributed by atoms with E-state index in [1.54, 1.807) is 0 Å². The Morgan fingerprint density at radius 2 is 2.06 bits per heavy atom. The Balaban J connectivity index is 1.61. The molecule has 0 aliphatic heterocycles. The van der Waals surface area contributed by atoms with E-state index in [4.69, 9.17) is 10.00 Å². The second-order valence-corrected chi connectivity index (χ2v) is 5.58. The molecule has 0 aromatic rings. The molecular weight excluding hydrogens is 212 g/mol. The first-order chi connectivity index (χ1) is 8.29. The van der Waals surface area contributed by atoms with Crippen molar-refractivity contribution in [3.05, 3.63) is 0 Å². The highest BCUT2D eigenvalue weighted by atomic mass is 16.5. The second-order valence-electron chi connectivity index (χ2n) is 5.58. The van der Waals surface area contributed by atoms with E-state index in [1.165, 1.54) is 38.5 Å². The van der Waals surface area contributed by atoms with E-state index in [-0.39, 0.29) is 6.04 Å². The average molecular weight is 236 g/mol. The summed E-state index contributed by atoms with van der Waals surface area (Å²) in [6, 6.07) is 2.92. The van der Waals surface area contributed by atoms with Crippen molar-refractivity contribution in [1.82, 2.24) is 5.32 Å². The minimum atomic E-state index is -0.0126. The molecule has 0 amide bonds. The maximum Gasteiger partial charge on any atom is 0.0977 e. The van der Waals surface area contributed by atoms with Gasteiger partial charge in [-0.15, -0.1) is 0 Å². The number of nitrogens with zero attached hydrogens (tertiary/aromatic N) is 1. The summed E-state index contributed by atoms with van der Waals surface area (Å²) in [5, 5.41) is 12.4. The first kappa shape index (κ1) is 12.9. The lowest BCUT2D eigenvalue weighted by Gasteiger charge is -2.29. The van der Waals surface area contributed by atoms with Crippen molar-refractivity contribution in [3.63, 3.8) is 0 Å². The molecule has 0 aromatic carbocycles. The zero-order valence-electron chi connectivity index (χ0n) is 10.8. The predicted molar refractivity (Wildman–Crippen MR) is 67.5 cm³/mol. The van der Waals surface area contributed by atoms with E-state index in [1.807, 2.05) is 0 Å². The van der Waals surface area contributed by atoms with Crippen molar-refractivity contribution >= 4 is 0 Å². The highest BCUT2D eigenvalue weighted by molar-refractivity contribution is 4.95. The third-order valence-electron chi connectivity index (χ3n) is 3.94. The first-order valence-corrected chi connectivity index (χ1v) is 7.07. The Morgan fingerprint density at radius 1 is 1.29 bits per heavy atom. The lowest BCUT2D eigenvalue weighted by atomic mass is 9.88. The SMILES string of the molecule is CC1CCCCC1OCCC(C#N)NC1CC1. The molecule has 0 saturated heterocycles. The van der Waals surface area contributed by atoms with Crippen molar-refractivity contribution in [3.8, 4) is 6.07 Å². The zero-order valence-corrected chi connectivity index (χ0v) is 10.8. The van der Waals surface area contributed by atoms with Gasteiger partial charge < -0.3 is 4.74 Å². The summed E-state index contributed by atoms with van der Waals surface area (Å²) in [5.41, 5.74) is 0. The minimum absolute atomic E-state index is 0.0126. The van der Waals surface area contributed by atoms with Crippen molar-refractivity contribution in [1.29, 1.82) is 5.26 Å². The number of hydrogen-bond donors (Lipinski definition) is 1. The molecular formula is C14H24N2O. The Labute approximate surface area is 105 Å². The summed E-state index contributed by atoms with van der Waals surface area (Å²) in [5.74, 6) is 0.695. The van der Waals surface area contributed by atoms with Crippen LogP contribution in [0.15, 0.2) is 0 Å². The Hall–Kier alpha value is -0.590. The lowest BCUT2D eigenvalue weighted by Crippen LogP contribution is -2.32. The zero-order chi connectivity index (χ0) is 12.1. The van der Waals surface area contributed by atoms with Gasteiger partial charge in [-0.1, -0.05) is 19.8 Å². The van der Waals surface area contributed by atoms with Crippen molar-refractivity contribution in [2.24, 2.45) is 5.92 Å². The highest BCUT2D eigenvalue weighted by Crippen LogP contribution is 2.26. The fourth-order valence-electron chi connectivity index (χ4n) is 2.59. The summed E-state index contributed by atoms with van der Waals surface area (Å²) < 4.78 is 5.94. The molecule has 2 saturated carbocycles. The van der Waals surface area contributed by atoms with Gasteiger partial charge >= 0.3 is 0 Å². The van der Waals surface area contributed by atoms with Crippen molar-refractivity contribution < 1.29 is 4.74 Å². The van der Waals surface area contributed by atoms with Gasteiger partial charge in [0, 0.05) is 12.6 Å². The number of nitriles is 1. The standard InChI is InChI=1S/C14H24N2O/c1-11-4-2-3-5-14(11)17-9-8-13(10-15)16-12-6-7-12/h11-14,16H,2-9H2,1H3. The maximum absolute atomic E-state index is 9.02. The van der Waals surface area contributed by atoms with Gasteiger partial charge in [-0.3, -0.25) is 5.32 Å². The summed E-state index contributed by atoms with van der Waals surface area (Å²) in [4.78, 5) is 0. The monoisotopic (exact) mass is 236 g/mol. The third-order valence-corrected chi connectivity index (χ3v) is 3.94. The van der Waals surface area contributed by atoms with Crippen LogP contribution in [0.3, 0.4) is 0 Å². The van der Waals surface area contributed by atoms with Gasteiger partial charge in [0.25, 0.3) is 0 Å². The summed E-state index contributed by atoms with van der Waals surface area (Å²) in [7, 11) is 0. The summed E-state index contributed by atoms with van der Waals surface area (Å²) in [6.07, 6.45) is 8.89. The van der Waals surface area contributed by atoms with Gasteiger partial charge in [0.1, 0.15) is 0 Å². The summed E-state index contributed by atoms with van der Waals surface area (Å²) >= 11 is 0. The fraction of sp³-hybridized carbons (Fsp3) is 0.929. The van der Waals surface area contributed by atoms with E-state index >= 15 is 0 Å².